The summed E-state index contributed by atoms with van der Waals surface area (Å²) in [6.45, 7) is 0. The second-order valence-corrected chi connectivity index (χ2v) is 3.34. The van der Waals surface area contributed by atoms with Crippen molar-refractivity contribution in [3.63, 3.8) is 0 Å². The van der Waals surface area contributed by atoms with Crippen LogP contribution in [0.5, 0.6) is 11.6 Å². The van der Waals surface area contributed by atoms with Crippen molar-refractivity contribution in [2.45, 2.75) is 12.8 Å². The first-order chi connectivity index (χ1) is 9.15. The summed E-state index contributed by atoms with van der Waals surface area (Å²) in [7, 11) is 1.02. The summed E-state index contributed by atoms with van der Waals surface area (Å²) in [5.74, 6) is -3.69. The molecule has 0 aliphatic heterocycles. The van der Waals surface area contributed by atoms with Crippen LogP contribution in [0.4, 0.5) is 18.9 Å². The average molecular weight is 296 g/mol. The molecule has 8 nitrogen and oxygen atoms in total. The van der Waals surface area contributed by atoms with Crippen LogP contribution in [0.2, 0.25) is 0 Å². The zero-order chi connectivity index (χ0) is 15.5. The predicted octanol–water partition coefficient (Wildman–Crippen LogP) is 1.31. The lowest BCUT2D eigenvalue weighted by molar-refractivity contribution is -0.386. The summed E-state index contributed by atoms with van der Waals surface area (Å²) in [6.07, 6.45) is -5.20. The molecule has 0 aliphatic rings. The van der Waals surface area contributed by atoms with Crippen LogP contribution >= 0.6 is 0 Å². The van der Waals surface area contributed by atoms with Gasteiger partial charge in [0.05, 0.1) is 24.0 Å². The third-order valence-corrected chi connectivity index (χ3v) is 2.03. The molecule has 0 aliphatic carbocycles. The van der Waals surface area contributed by atoms with Gasteiger partial charge in [-0.1, -0.05) is 0 Å². The number of carbonyl (C=O) groups is 1. The molecule has 11 heteroatoms. The number of hydrogen-bond acceptors (Lipinski definition) is 7. The Balaban J connectivity index is 3.27. The first kappa shape index (κ1) is 15.5. The second-order valence-electron chi connectivity index (χ2n) is 3.34. The van der Waals surface area contributed by atoms with Crippen molar-refractivity contribution in [1.29, 1.82) is 0 Å². The minimum Gasteiger partial charge on any atom is -0.498 e. The number of carbonyl (C=O) groups excluding carboxylic acids is 1. The lowest BCUT2D eigenvalue weighted by atomic mass is 10.1. The SMILES string of the molecule is COC(=O)Cc1cnc(OC(F)(F)F)c(O)c1[N+](=O)[O-]. The molecule has 1 aromatic rings. The van der Waals surface area contributed by atoms with Crippen LogP contribution in [-0.2, 0) is 16.0 Å². The van der Waals surface area contributed by atoms with Crippen LogP contribution in [0.1, 0.15) is 5.56 Å². The van der Waals surface area contributed by atoms with Crippen LogP contribution in [0.25, 0.3) is 0 Å². The number of hydrogen-bond donors (Lipinski definition) is 1. The number of halogens is 3. The summed E-state index contributed by atoms with van der Waals surface area (Å²) in [6, 6.07) is 0. The molecule has 0 fully saturated rings. The van der Waals surface area contributed by atoms with E-state index in [1.54, 1.807) is 0 Å². The van der Waals surface area contributed by atoms with Gasteiger partial charge in [-0.15, -0.1) is 13.2 Å². The number of methoxy groups -OCH3 is 1. The minimum absolute atomic E-state index is 0.408. The van der Waals surface area contributed by atoms with Crippen LogP contribution < -0.4 is 4.74 Å². The Bertz CT molecular complexity index is 545. The second kappa shape index (κ2) is 5.59. The Labute approximate surface area is 108 Å². The number of esters is 1. The van der Waals surface area contributed by atoms with Gasteiger partial charge in [0.1, 0.15) is 0 Å². The molecule has 0 atom stereocenters. The van der Waals surface area contributed by atoms with E-state index in [-0.39, 0.29) is 0 Å². The maximum absolute atomic E-state index is 12.0. The Morgan fingerprint density at radius 2 is 2.15 bits per heavy atom. The highest BCUT2D eigenvalue weighted by Crippen LogP contribution is 2.39. The van der Waals surface area contributed by atoms with Gasteiger partial charge in [-0.05, 0) is 0 Å². The molecule has 1 rings (SSSR count). The van der Waals surface area contributed by atoms with Gasteiger partial charge in [-0.25, -0.2) is 4.98 Å². The van der Waals surface area contributed by atoms with Crippen LogP contribution in [0, 0.1) is 10.1 Å². The van der Waals surface area contributed by atoms with Crippen molar-refractivity contribution in [2.75, 3.05) is 7.11 Å². The molecule has 0 unspecified atom stereocenters. The normalized spacial score (nSPS) is 11.0. The van der Waals surface area contributed by atoms with Gasteiger partial charge >= 0.3 is 18.0 Å². The molecule has 0 aromatic carbocycles. The molecule has 0 amide bonds. The maximum atomic E-state index is 12.0. The van der Waals surface area contributed by atoms with Crippen molar-refractivity contribution in [1.82, 2.24) is 4.98 Å². The summed E-state index contributed by atoms with van der Waals surface area (Å²) in [5.41, 5.74) is -1.52. The standard InChI is InChI=1S/C9H7F3N2O6/c1-19-5(15)2-4-3-13-8(20-9(10,11)12)7(16)6(4)14(17)18/h3,16H,2H2,1H3. The number of nitrogens with zero attached hydrogens (tertiary/aromatic N) is 2. The first-order valence-corrected chi connectivity index (χ1v) is 4.83. The summed E-state index contributed by atoms with van der Waals surface area (Å²) >= 11 is 0. The fraction of sp³-hybridized carbons (Fsp3) is 0.333. The van der Waals surface area contributed by atoms with E-state index in [2.05, 4.69) is 14.5 Å². The van der Waals surface area contributed by atoms with Gasteiger partial charge in [0.25, 0.3) is 11.6 Å². The maximum Gasteiger partial charge on any atom is 0.574 e. The average Bonchev–Trinajstić information content (AvgIpc) is 2.30. The molecular weight excluding hydrogens is 289 g/mol. The Kier molecular flexibility index (Phi) is 4.32. The fourth-order valence-corrected chi connectivity index (χ4v) is 1.26. The van der Waals surface area contributed by atoms with Crippen molar-refractivity contribution in [2.24, 2.45) is 0 Å². The van der Waals surface area contributed by atoms with E-state index >= 15 is 0 Å². The monoisotopic (exact) mass is 296 g/mol. The quantitative estimate of drug-likeness (QED) is 0.506. The number of nitro groups is 1. The number of pyridine rings is 1. The van der Waals surface area contributed by atoms with Gasteiger partial charge in [0.2, 0.25) is 0 Å². The van der Waals surface area contributed by atoms with E-state index in [1.165, 1.54) is 0 Å². The number of aromatic hydroxyl groups is 1. The topological polar surface area (TPSA) is 112 Å². The number of alkyl halides is 3. The van der Waals surface area contributed by atoms with Crippen molar-refractivity contribution < 1.29 is 37.5 Å². The Morgan fingerprint density at radius 3 is 2.60 bits per heavy atom. The zero-order valence-corrected chi connectivity index (χ0v) is 9.80. The van der Waals surface area contributed by atoms with Crippen molar-refractivity contribution in [3.8, 4) is 11.6 Å². The number of rotatable bonds is 4. The van der Waals surface area contributed by atoms with E-state index in [9.17, 15) is 33.2 Å². The number of ether oxygens (including phenoxy) is 2. The first-order valence-electron chi connectivity index (χ1n) is 4.83. The van der Waals surface area contributed by atoms with E-state index < -0.39 is 46.6 Å². The number of aromatic nitrogens is 1. The molecule has 110 valence electrons. The molecule has 0 saturated carbocycles. The van der Waals surface area contributed by atoms with E-state index in [0.717, 1.165) is 7.11 Å². The highest BCUT2D eigenvalue weighted by atomic mass is 19.4. The van der Waals surface area contributed by atoms with E-state index in [0.29, 0.717) is 6.20 Å². The lowest BCUT2D eigenvalue weighted by Gasteiger charge is -2.10. The van der Waals surface area contributed by atoms with E-state index in [4.69, 9.17) is 0 Å². The predicted molar refractivity (Wildman–Crippen MR) is 55.0 cm³/mol. The summed E-state index contributed by atoms with van der Waals surface area (Å²) in [5, 5.41) is 20.2. The molecule has 1 heterocycles. The van der Waals surface area contributed by atoms with Crippen LogP contribution in [-0.4, -0.2) is 34.5 Å². The van der Waals surface area contributed by atoms with Crippen LogP contribution in [0.15, 0.2) is 6.20 Å². The van der Waals surface area contributed by atoms with Gasteiger partial charge in [-0.2, -0.15) is 0 Å². The van der Waals surface area contributed by atoms with Gasteiger partial charge in [0.15, 0.2) is 0 Å². The lowest BCUT2D eigenvalue weighted by Crippen LogP contribution is -2.18. The largest absolute Gasteiger partial charge is 0.574 e. The fourth-order valence-electron chi connectivity index (χ4n) is 1.26. The molecule has 0 spiro atoms. The minimum atomic E-state index is -5.18. The molecule has 0 saturated heterocycles. The Morgan fingerprint density at radius 1 is 1.55 bits per heavy atom. The van der Waals surface area contributed by atoms with Crippen molar-refractivity contribution in [3.05, 3.63) is 21.9 Å². The Hall–Kier alpha value is -2.59. The van der Waals surface area contributed by atoms with E-state index in [1.807, 2.05) is 0 Å². The van der Waals surface area contributed by atoms with Gasteiger partial charge < -0.3 is 14.6 Å². The molecule has 0 bridgehead atoms. The molecular formula is C9H7F3N2O6. The third-order valence-electron chi connectivity index (χ3n) is 2.03. The van der Waals surface area contributed by atoms with Crippen LogP contribution in [0.3, 0.4) is 0 Å². The highest BCUT2D eigenvalue weighted by molar-refractivity contribution is 5.75. The van der Waals surface area contributed by atoms with Gasteiger partial charge in [0, 0.05) is 6.20 Å². The molecule has 20 heavy (non-hydrogen) atoms. The van der Waals surface area contributed by atoms with Gasteiger partial charge in [-0.3, -0.25) is 14.9 Å². The highest BCUT2D eigenvalue weighted by Gasteiger charge is 2.36. The smallest absolute Gasteiger partial charge is 0.498 e. The van der Waals surface area contributed by atoms with Crippen molar-refractivity contribution >= 4 is 11.7 Å². The molecule has 1 N–H and O–H groups in total. The zero-order valence-electron chi connectivity index (χ0n) is 9.80. The summed E-state index contributed by atoms with van der Waals surface area (Å²) in [4.78, 5) is 23.7. The summed E-state index contributed by atoms with van der Waals surface area (Å²) < 4.78 is 43.6. The molecule has 1 aromatic heterocycles. The third kappa shape index (κ3) is 3.70. The molecule has 0 radical (unpaired) electrons.